The molecule has 0 radical (unpaired) electrons. The van der Waals surface area contributed by atoms with Crippen molar-refractivity contribution < 1.29 is 33.0 Å². The van der Waals surface area contributed by atoms with Crippen LogP contribution in [0.4, 0.5) is 9.18 Å². The van der Waals surface area contributed by atoms with Gasteiger partial charge in [-0.05, 0) is 18.6 Å². The molecule has 0 saturated heterocycles. The Morgan fingerprint density at radius 2 is 1.56 bits per heavy atom. The van der Waals surface area contributed by atoms with E-state index in [1.165, 1.54) is 4.57 Å². The standard InChI is InChI=1S/C23H23FN2O6/c1-2-11-31-22(29)12-17(20(27)13-24)25-21(28)14-32-23(30)26-18-9-5-3-7-15(18)16-8-4-6-10-19(16)26/h3-10,17H,2,11-14H2,1H3,(H,25,28). The monoisotopic (exact) mass is 442 g/mol. The van der Waals surface area contributed by atoms with Crippen LogP contribution < -0.4 is 5.32 Å². The average molecular weight is 442 g/mol. The summed E-state index contributed by atoms with van der Waals surface area (Å²) in [5, 5.41) is 3.94. The molecule has 3 rings (SSSR count). The lowest BCUT2D eigenvalue weighted by Crippen LogP contribution is -2.45. The van der Waals surface area contributed by atoms with Crippen LogP contribution in [0.25, 0.3) is 21.8 Å². The number of hydrogen-bond donors (Lipinski definition) is 1. The van der Waals surface area contributed by atoms with Crippen LogP contribution in [-0.2, 0) is 23.9 Å². The summed E-state index contributed by atoms with van der Waals surface area (Å²) in [6, 6.07) is 13.1. The van der Waals surface area contributed by atoms with Gasteiger partial charge in [-0.2, -0.15) is 0 Å². The molecule has 0 aliphatic carbocycles. The van der Waals surface area contributed by atoms with E-state index in [1.807, 2.05) is 24.3 Å². The van der Waals surface area contributed by atoms with Crippen LogP contribution in [0.15, 0.2) is 48.5 Å². The molecule has 0 aliphatic heterocycles. The fourth-order valence-corrected chi connectivity index (χ4v) is 3.33. The number of hydrogen-bond acceptors (Lipinski definition) is 6. The Kier molecular flexibility index (Phi) is 7.54. The molecule has 0 aliphatic rings. The number of alkyl halides is 1. The Labute approximate surface area is 183 Å². The normalized spacial score (nSPS) is 11.8. The smallest absolute Gasteiger partial charge is 0.419 e. The van der Waals surface area contributed by atoms with Crippen molar-refractivity contribution in [3.63, 3.8) is 0 Å². The number of Topliss-reactive ketones (excluding diaryl/α,β-unsaturated/α-hetero) is 1. The number of rotatable bonds is 9. The number of halogens is 1. The van der Waals surface area contributed by atoms with Crippen LogP contribution in [0.5, 0.6) is 0 Å². The number of para-hydroxylation sites is 2. The molecule has 1 atom stereocenters. The Morgan fingerprint density at radius 1 is 0.969 bits per heavy atom. The topological polar surface area (TPSA) is 104 Å². The molecule has 1 amide bonds. The molecule has 0 bridgehead atoms. The maximum Gasteiger partial charge on any atom is 0.419 e. The lowest BCUT2D eigenvalue weighted by Gasteiger charge is -2.16. The van der Waals surface area contributed by atoms with Crippen LogP contribution in [0, 0.1) is 0 Å². The second-order valence-electron chi connectivity index (χ2n) is 7.07. The predicted molar refractivity (Wildman–Crippen MR) is 115 cm³/mol. The van der Waals surface area contributed by atoms with Crippen molar-refractivity contribution in [2.75, 3.05) is 19.9 Å². The number of esters is 1. The third-order valence-electron chi connectivity index (χ3n) is 4.78. The number of nitrogens with one attached hydrogen (secondary N) is 1. The van der Waals surface area contributed by atoms with E-state index >= 15 is 0 Å². The predicted octanol–water partition coefficient (Wildman–Crippen LogP) is 3.15. The molecule has 0 spiro atoms. The van der Waals surface area contributed by atoms with Crippen molar-refractivity contribution in [3.8, 4) is 0 Å². The number of carbonyl (C=O) groups excluding carboxylic acids is 4. The number of fused-ring (bicyclic) bond motifs is 3. The molecule has 32 heavy (non-hydrogen) atoms. The third kappa shape index (κ3) is 5.11. The highest BCUT2D eigenvalue weighted by Crippen LogP contribution is 2.28. The van der Waals surface area contributed by atoms with E-state index in [9.17, 15) is 23.6 Å². The summed E-state index contributed by atoms with van der Waals surface area (Å²) in [5.74, 6) is -2.55. The number of aromatic nitrogens is 1. The van der Waals surface area contributed by atoms with Gasteiger partial charge in [0.25, 0.3) is 5.91 Å². The van der Waals surface area contributed by atoms with E-state index < -0.39 is 49.5 Å². The number of carbonyl (C=O) groups is 4. The van der Waals surface area contributed by atoms with Gasteiger partial charge in [0.05, 0.1) is 24.1 Å². The van der Waals surface area contributed by atoms with Gasteiger partial charge in [0, 0.05) is 10.8 Å². The van der Waals surface area contributed by atoms with Gasteiger partial charge >= 0.3 is 12.1 Å². The second kappa shape index (κ2) is 10.5. The minimum Gasteiger partial charge on any atom is -0.466 e. The van der Waals surface area contributed by atoms with Gasteiger partial charge in [-0.3, -0.25) is 14.4 Å². The van der Waals surface area contributed by atoms with E-state index in [0.29, 0.717) is 17.5 Å². The van der Waals surface area contributed by atoms with Crippen molar-refractivity contribution in [2.45, 2.75) is 25.8 Å². The highest BCUT2D eigenvalue weighted by Gasteiger charge is 2.25. The summed E-state index contributed by atoms with van der Waals surface area (Å²) >= 11 is 0. The van der Waals surface area contributed by atoms with E-state index in [1.54, 1.807) is 31.2 Å². The quantitative estimate of drug-likeness (QED) is 0.511. The van der Waals surface area contributed by atoms with Crippen molar-refractivity contribution in [2.24, 2.45) is 0 Å². The van der Waals surface area contributed by atoms with E-state index in [-0.39, 0.29) is 6.61 Å². The summed E-state index contributed by atoms with van der Waals surface area (Å²) in [6.07, 6.45) is -0.707. The molecule has 0 fully saturated rings. The number of benzene rings is 2. The molecule has 1 unspecified atom stereocenters. The fraction of sp³-hybridized carbons (Fsp3) is 0.304. The zero-order valence-electron chi connectivity index (χ0n) is 17.5. The van der Waals surface area contributed by atoms with Gasteiger partial charge in [-0.15, -0.1) is 0 Å². The first-order valence-electron chi connectivity index (χ1n) is 10.1. The Balaban J connectivity index is 1.69. The summed E-state index contributed by atoms with van der Waals surface area (Å²) in [6.45, 7) is -0.114. The average Bonchev–Trinajstić information content (AvgIpc) is 3.15. The number of amides is 1. The zero-order chi connectivity index (χ0) is 23.1. The minimum absolute atomic E-state index is 0.152. The van der Waals surface area contributed by atoms with Gasteiger partial charge in [-0.25, -0.2) is 13.8 Å². The van der Waals surface area contributed by atoms with Crippen molar-refractivity contribution in [1.82, 2.24) is 9.88 Å². The molecule has 1 aromatic heterocycles. The highest BCUT2D eigenvalue weighted by atomic mass is 19.1. The number of nitrogens with zero attached hydrogens (tertiary/aromatic N) is 1. The van der Waals surface area contributed by atoms with Gasteiger partial charge in [0.15, 0.2) is 12.4 Å². The molecule has 1 heterocycles. The van der Waals surface area contributed by atoms with Crippen molar-refractivity contribution in [1.29, 1.82) is 0 Å². The van der Waals surface area contributed by atoms with Crippen molar-refractivity contribution >= 4 is 45.6 Å². The lowest BCUT2D eigenvalue weighted by atomic mass is 10.1. The second-order valence-corrected chi connectivity index (χ2v) is 7.07. The first-order chi connectivity index (χ1) is 15.5. The summed E-state index contributed by atoms with van der Waals surface area (Å²) in [5.41, 5.74) is 1.23. The molecule has 1 N–H and O–H groups in total. The van der Waals surface area contributed by atoms with Crippen LogP contribution in [0.1, 0.15) is 19.8 Å². The van der Waals surface area contributed by atoms with Gasteiger partial charge in [0.2, 0.25) is 0 Å². The number of ketones is 1. The minimum atomic E-state index is -1.40. The number of ether oxygens (including phenoxy) is 2. The highest BCUT2D eigenvalue weighted by molar-refractivity contribution is 6.12. The van der Waals surface area contributed by atoms with Crippen LogP contribution >= 0.6 is 0 Å². The molecule has 2 aromatic carbocycles. The lowest BCUT2D eigenvalue weighted by molar-refractivity contribution is -0.146. The molecule has 8 nitrogen and oxygen atoms in total. The Morgan fingerprint density at radius 3 is 2.12 bits per heavy atom. The van der Waals surface area contributed by atoms with Crippen LogP contribution in [0.2, 0.25) is 0 Å². The van der Waals surface area contributed by atoms with Gasteiger partial charge in [0.1, 0.15) is 12.7 Å². The molecule has 9 heteroatoms. The maximum atomic E-state index is 12.8. The third-order valence-corrected chi connectivity index (χ3v) is 4.78. The van der Waals surface area contributed by atoms with E-state index in [0.717, 1.165) is 10.8 Å². The summed E-state index contributed by atoms with van der Waals surface area (Å²) < 4.78 is 24.2. The molecule has 3 aromatic rings. The van der Waals surface area contributed by atoms with E-state index in [4.69, 9.17) is 9.47 Å². The van der Waals surface area contributed by atoms with Crippen LogP contribution in [0.3, 0.4) is 0 Å². The molecule has 0 saturated carbocycles. The summed E-state index contributed by atoms with van der Waals surface area (Å²) in [4.78, 5) is 48.5. The molecule has 168 valence electrons. The zero-order valence-corrected chi connectivity index (χ0v) is 17.5. The largest absolute Gasteiger partial charge is 0.466 e. The van der Waals surface area contributed by atoms with Crippen molar-refractivity contribution in [3.05, 3.63) is 48.5 Å². The Bertz CT molecular complexity index is 1100. The van der Waals surface area contributed by atoms with Gasteiger partial charge in [-0.1, -0.05) is 43.3 Å². The Hall–Kier alpha value is -3.75. The van der Waals surface area contributed by atoms with E-state index in [2.05, 4.69) is 5.32 Å². The summed E-state index contributed by atoms with van der Waals surface area (Å²) in [7, 11) is 0. The SMILES string of the molecule is CCCOC(=O)CC(NC(=O)COC(=O)n1c2ccccc2c2ccccc21)C(=O)CF. The molecular formula is C23H23FN2O6. The van der Waals surface area contributed by atoms with Gasteiger partial charge < -0.3 is 14.8 Å². The first-order valence-corrected chi connectivity index (χ1v) is 10.1. The molecular weight excluding hydrogens is 419 g/mol. The fourth-order valence-electron chi connectivity index (χ4n) is 3.33. The first kappa shape index (κ1) is 22.9. The maximum absolute atomic E-state index is 12.8. The van der Waals surface area contributed by atoms with Crippen LogP contribution in [-0.4, -0.2) is 54.3 Å².